The highest BCUT2D eigenvalue weighted by molar-refractivity contribution is 6.37. The van der Waals surface area contributed by atoms with Crippen molar-refractivity contribution in [2.45, 2.75) is 25.2 Å². The standard InChI is InChI=1S/C6H18N2Si/c1-4-5-9-6(7-2)8-3/h6-8H,4-5,9H2,1-3H3. The molecule has 0 heterocycles. The van der Waals surface area contributed by atoms with Crippen molar-refractivity contribution < 1.29 is 0 Å². The van der Waals surface area contributed by atoms with Gasteiger partial charge in [0.05, 0.1) is 9.52 Å². The van der Waals surface area contributed by atoms with Crippen LogP contribution >= 0.6 is 0 Å². The maximum atomic E-state index is 3.24. The van der Waals surface area contributed by atoms with Gasteiger partial charge in [0.25, 0.3) is 0 Å². The van der Waals surface area contributed by atoms with Crippen LogP contribution in [0.2, 0.25) is 6.04 Å². The summed E-state index contributed by atoms with van der Waals surface area (Å²) in [6.45, 7) is 2.25. The number of hydrogen-bond donors (Lipinski definition) is 2. The Bertz CT molecular complexity index is 55.0. The lowest BCUT2D eigenvalue weighted by atomic mass is 10.6. The topological polar surface area (TPSA) is 24.1 Å². The quantitative estimate of drug-likeness (QED) is 0.411. The molecule has 0 bridgehead atoms. The van der Waals surface area contributed by atoms with Crippen LogP contribution in [0.4, 0.5) is 0 Å². The normalized spacial score (nSPS) is 12.0. The third-order valence-corrected chi connectivity index (χ3v) is 4.05. The molecule has 9 heavy (non-hydrogen) atoms. The Morgan fingerprint density at radius 3 is 2.22 bits per heavy atom. The van der Waals surface area contributed by atoms with Gasteiger partial charge in [-0.2, -0.15) is 0 Å². The first-order valence-electron chi connectivity index (χ1n) is 3.69. The zero-order chi connectivity index (χ0) is 7.11. The molecule has 0 aliphatic heterocycles. The maximum Gasteiger partial charge on any atom is 0.0585 e. The summed E-state index contributed by atoms with van der Waals surface area (Å²) in [7, 11) is 4.14. The fourth-order valence-electron chi connectivity index (χ4n) is 0.841. The molecule has 0 spiro atoms. The van der Waals surface area contributed by atoms with E-state index in [1.54, 1.807) is 0 Å². The highest BCUT2D eigenvalue weighted by Gasteiger charge is 1.99. The zero-order valence-corrected chi connectivity index (χ0v) is 8.11. The van der Waals surface area contributed by atoms with Crippen molar-refractivity contribution in [2.75, 3.05) is 14.1 Å². The molecule has 0 aliphatic carbocycles. The molecule has 0 radical (unpaired) electrons. The smallest absolute Gasteiger partial charge is 0.0585 e. The van der Waals surface area contributed by atoms with Crippen LogP contribution in [0.15, 0.2) is 0 Å². The summed E-state index contributed by atoms with van der Waals surface area (Å²) in [6, 6.07) is 1.44. The zero-order valence-electron chi connectivity index (χ0n) is 6.70. The summed E-state index contributed by atoms with van der Waals surface area (Å²) in [5, 5.41) is 6.47. The molecule has 0 saturated heterocycles. The summed E-state index contributed by atoms with van der Waals surface area (Å²) in [4.78, 5) is 0. The van der Waals surface area contributed by atoms with E-state index in [1.165, 1.54) is 12.5 Å². The minimum absolute atomic E-state index is 0.103. The van der Waals surface area contributed by atoms with E-state index in [4.69, 9.17) is 0 Å². The van der Waals surface area contributed by atoms with Crippen LogP contribution in [0.5, 0.6) is 0 Å². The second kappa shape index (κ2) is 6.26. The van der Waals surface area contributed by atoms with E-state index in [1.807, 2.05) is 14.1 Å². The summed E-state index contributed by atoms with van der Waals surface area (Å²) in [6.07, 6.45) is 1.34. The Morgan fingerprint density at radius 2 is 1.89 bits per heavy atom. The predicted molar refractivity (Wildman–Crippen MR) is 45.5 cm³/mol. The van der Waals surface area contributed by atoms with Crippen LogP contribution in [0.25, 0.3) is 0 Å². The van der Waals surface area contributed by atoms with Gasteiger partial charge in [0.1, 0.15) is 0 Å². The molecule has 0 atom stereocenters. The van der Waals surface area contributed by atoms with Crippen molar-refractivity contribution in [1.82, 2.24) is 10.6 Å². The lowest BCUT2D eigenvalue weighted by Crippen LogP contribution is -2.42. The fraction of sp³-hybridized carbons (Fsp3) is 1.00. The van der Waals surface area contributed by atoms with Crippen LogP contribution < -0.4 is 10.6 Å². The fourth-order valence-corrected chi connectivity index (χ4v) is 2.24. The van der Waals surface area contributed by atoms with Gasteiger partial charge in [-0.1, -0.05) is 19.4 Å². The van der Waals surface area contributed by atoms with Crippen molar-refractivity contribution in [3.05, 3.63) is 0 Å². The molecule has 0 saturated carbocycles. The Morgan fingerprint density at radius 1 is 1.33 bits per heavy atom. The monoisotopic (exact) mass is 146 g/mol. The molecular formula is C6H18N2Si. The molecule has 56 valence electrons. The lowest BCUT2D eigenvalue weighted by molar-refractivity contribution is 0.633. The average molecular weight is 146 g/mol. The molecule has 0 amide bonds. The van der Waals surface area contributed by atoms with E-state index in [-0.39, 0.29) is 9.52 Å². The number of hydrogen-bond acceptors (Lipinski definition) is 2. The minimum atomic E-state index is 0.103. The Labute approximate surface area is 60.2 Å². The van der Waals surface area contributed by atoms with Crippen molar-refractivity contribution in [3.63, 3.8) is 0 Å². The first kappa shape index (κ1) is 9.14. The van der Waals surface area contributed by atoms with Crippen molar-refractivity contribution in [3.8, 4) is 0 Å². The summed E-state index contributed by atoms with van der Waals surface area (Å²) >= 11 is 0. The molecular weight excluding hydrogens is 128 g/mol. The summed E-state index contributed by atoms with van der Waals surface area (Å²) in [5.74, 6) is 0.643. The second-order valence-corrected chi connectivity index (χ2v) is 4.37. The van der Waals surface area contributed by atoms with Crippen LogP contribution in [0.1, 0.15) is 13.3 Å². The van der Waals surface area contributed by atoms with Gasteiger partial charge >= 0.3 is 0 Å². The predicted octanol–water partition coefficient (Wildman–Crippen LogP) is -0.294. The minimum Gasteiger partial charge on any atom is -0.308 e. The van der Waals surface area contributed by atoms with E-state index in [2.05, 4.69) is 17.6 Å². The van der Waals surface area contributed by atoms with Crippen molar-refractivity contribution in [2.24, 2.45) is 0 Å². The Kier molecular flexibility index (Phi) is 6.35. The second-order valence-electron chi connectivity index (χ2n) is 2.27. The number of rotatable bonds is 5. The van der Waals surface area contributed by atoms with E-state index < -0.39 is 0 Å². The van der Waals surface area contributed by atoms with Crippen LogP contribution in [0.3, 0.4) is 0 Å². The van der Waals surface area contributed by atoms with Crippen LogP contribution in [0, 0.1) is 0 Å². The van der Waals surface area contributed by atoms with Gasteiger partial charge in [-0.05, 0) is 14.1 Å². The highest BCUT2D eigenvalue weighted by Crippen LogP contribution is 1.86. The van der Waals surface area contributed by atoms with Crippen molar-refractivity contribution >= 4 is 9.52 Å². The van der Waals surface area contributed by atoms with Gasteiger partial charge in [-0.15, -0.1) is 0 Å². The van der Waals surface area contributed by atoms with Gasteiger partial charge in [0, 0.05) is 5.79 Å². The largest absolute Gasteiger partial charge is 0.308 e. The summed E-state index contributed by atoms with van der Waals surface area (Å²) < 4.78 is 0. The molecule has 0 aromatic carbocycles. The van der Waals surface area contributed by atoms with Crippen molar-refractivity contribution in [1.29, 1.82) is 0 Å². The molecule has 3 heteroatoms. The number of nitrogens with one attached hydrogen (secondary N) is 2. The van der Waals surface area contributed by atoms with Gasteiger partial charge in [0.15, 0.2) is 0 Å². The molecule has 0 fully saturated rings. The molecule has 2 N–H and O–H groups in total. The average Bonchev–Trinajstić information content (AvgIpc) is 1.91. The molecule has 0 rings (SSSR count). The molecule has 0 aromatic rings. The third-order valence-electron chi connectivity index (χ3n) is 1.54. The molecule has 0 aromatic heterocycles. The highest BCUT2D eigenvalue weighted by atomic mass is 28.2. The van der Waals surface area contributed by atoms with Gasteiger partial charge in [-0.3, -0.25) is 0 Å². The third kappa shape index (κ3) is 4.63. The lowest BCUT2D eigenvalue weighted by Gasteiger charge is -2.12. The van der Waals surface area contributed by atoms with E-state index in [0.29, 0.717) is 5.79 Å². The van der Waals surface area contributed by atoms with Gasteiger partial charge in [0.2, 0.25) is 0 Å². The van der Waals surface area contributed by atoms with E-state index in [9.17, 15) is 0 Å². The van der Waals surface area contributed by atoms with E-state index in [0.717, 1.165) is 0 Å². The molecule has 0 aliphatic rings. The van der Waals surface area contributed by atoms with Crippen LogP contribution in [-0.2, 0) is 0 Å². The van der Waals surface area contributed by atoms with Gasteiger partial charge < -0.3 is 10.6 Å². The maximum absolute atomic E-state index is 3.24. The van der Waals surface area contributed by atoms with E-state index >= 15 is 0 Å². The first-order chi connectivity index (χ1) is 4.35. The Hall–Kier alpha value is 0.137. The summed E-state index contributed by atoms with van der Waals surface area (Å²) in [5.41, 5.74) is 0. The first-order valence-corrected chi connectivity index (χ1v) is 5.51. The molecule has 0 unspecified atom stereocenters. The SMILES string of the molecule is CCC[SiH2]C(NC)NC. The molecule has 2 nitrogen and oxygen atoms in total. The van der Waals surface area contributed by atoms with Gasteiger partial charge in [-0.25, -0.2) is 0 Å². The Balaban J connectivity index is 3.09. The van der Waals surface area contributed by atoms with Crippen LogP contribution in [-0.4, -0.2) is 29.4 Å².